The molecule has 112 valence electrons. The van der Waals surface area contributed by atoms with E-state index in [1.54, 1.807) is 13.8 Å². The van der Waals surface area contributed by atoms with Crippen LogP contribution in [0.1, 0.15) is 49.7 Å². The van der Waals surface area contributed by atoms with E-state index in [0.29, 0.717) is 37.9 Å². The fourth-order valence-corrected chi connectivity index (χ4v) is 2.71. The van der Waals surface area contributed by atoms with Crippen LogP contribution in [0.15, 0.2) is 0 Å². The van der Waals surface area contributed by atoms with Crippen molar-refractivity contribution in [3.63, 3.8) is 0 Å². The van der Waals surface area contributed by atoms with E-state index >= 15 is 0 Å². The molecule has 0 bridgehead atoms. The number of hydrogen-bond acceptors (Lipinski definition) is 2. The van der Waals surface area contributed by atoms with E-state index in [4.69, 9.17) is 0 Å². The Bertz CT molecular complexity index is 508. The van der Waals surface area contributed by atoms with Crippen LogP contribution in [0.2, 0.25) is 0 Å². The summed E-state index contributed by atoms with van der Waals surface area (Å²) in [6.07, 6.45) is -2.43. The summed E-state index contributed by atoms with van der Waals surface area (Å²) in [4.78, 5) is 12.0. The standard InChI is InChI=1S/C13H18F3N3O/c1-3-9(12(20)17-4-2)19-10-7-5-6-8(10)11(18-19)13(14,15)16/h9H,3-7H2,1-2H3,(H,17,20)/t9-/m1/s1. The highest BCUT2D eigenvalue weighted by molar-refractivity contribution is 5.80. The Hall–Kier alpha value is -1.53. The highest BCUT2D eigenvalue weighted by atomic mass is 19.4. The molecule has 1 aromatic heterocycles. The van der Waals surface area contributed by atoms with Crippen LogP contribution in [0.5, 0.6) is 0 Å². The van der Waals surface area contributed by atoms with Gasteiger partial charge < -0.3 is 5.32 Å². The van der Waals surface area contributed by atoms with Crippen molar-refractivity contribution < 1.29 is 18.0 Å². The summed E-state index contributed by atoms with van der Waals surface area (Å²) in [7, 11) is 0. The monoisotopic (exact) mass is 289 g/mol. The van der Waals surface area contributed by atoms with Crippen LogP contribution in [0, 0.1) is 0 Å². The Morgan fingerprint density at radius 1 is 1.40 bits per heavy atom. The van der Waals surface area contributed by atoms with Crippen molar-refractivity contribution in [1.82, 2.24) is 15.1 Å². The van der Waals surface area contributed by atoms with Crippen LogP contribution >= 0.6 is 0 Å². The number of likely N-dealkylation sites (N-methyl/N-ethyl adjacent to an activating group) is 1. The van der Waals surface area contributed by atoms with Gasteiger partial charge in [-0.3, -0.25) is 9.48 Å². The number of fused-ring (bicyclic) bond motifs is 1. The minimum absolute atomic E-state index is 0.264. The molecule has 0 fully saturated rings. The Morgan fingerprint density at radius 2 is 2.10 bits per heavy atom. The number of rotatable bonds is 4. The zero-order valence-corrected chi connectivity index (χ0v) is 11.5. The molecule has 1 N–H and O–H groups in total. The predicted molar refractivity (Wildman–Crippen MR) is 67.3 cm³/mol. The van der Waals surface area contributed by atoms with Gasteiger partial charge in [-0.15, -0.1) is 0 Å². The second kappa shape index (κ2) is 5.46. The lowest BCUT2D eigenvalue weighted by Gasteiger charge is -2.17. The number of nitrogens with one attached hydrogen (secondary N) is 1. The van der Waals surface area contributed by atoms with Gasteiger partial charge in [0.25, 0.3) is 0 Å². The van der Waals surface area contributed by atoms with Crippen molar-refractivity contribution in [3.8, 4) is 0 Å². The first-order chi connectivity index (χ1) is 9.40. The van der Waals surface area contributed by atoms with Crippen molar-refractivity contribution in [1.29, 1.82) is 0 Å². The summed E-state index contributed by atoms with van der Waals surface area (Å²) in [5.74, 6) is -0.277. The summed E-state index contributed by atoms with van der Waals surface area (Å²) in [6.45, 7) is 4.00. The highest BCUT2D eigenvalue weighted by Gasteiger charge is 2.41. The third-order valence-corrected chi connectivity index (χ3v) is 3.56. The molecule has 1 aromatic rings. The molecule has 2 rings (SSSR count). The molecule has 0 spiro atoms. The van der Waals surface area contributed by atoms with Crippen molar-refractivity contribution in [2.75, 3.05) is 6.54 Å². The summed E-state index contributed by atoms with van der Waals surface area (Å²) >= 11 is 0. The Labute approximate surface area is 115 Å². The summed E-state index contributed by atoms with van der Waals surface area (Å²) < 4.78 is 40.3. The number of nitrogens with zero attached hydrogens (tertiary/aromatic N) is 2. The summed E-state index contributed by atoms with van der Waals surface area (Å²) in [6, 6.07) is -0.669. The van der Waals surface area contributed by atoms with E-state index < -0.39 is 17.9 Å². The maximum Gasteiger partial charge on any atom is 0.435 e. The first kappa shape index (κ1) is 14.9. The van der Waals surface area contributed by atoms with Crippen LogP contribution < -0.4 is 5.32 Å². The lowest BCUT2D eigenvalue weighted by molar-refractivity contribution is -0.142. The van der Waals surface area contributed by atoms with E-state index in [1.165, 1.54) is 4.68 Å². The summed E-state index contributed by atoms with van der Waals surface area (Å²) in [5.41, 5.74) is 0.00317. The van der Waals surface area contributed by atoms with Crippen molar-refractivity contribution in [2.45, 2.75) is 51.7 Å². The number of carbonyl (C=O) groups is 1. The molecular weight excluding hydrogens is 271 g/mol. The molecule has 0 saturated heterocycles. The third kappa shape index (κ3) is 2.53. The van der Waals surface area contributed by atoms with E-state index in [2.05, 4.69) is 10.4 Å². The van der Waals surface area contributed by atoms with Gasteiger partial charge in [0.1, 0.15) is 6.04 Å². The number of hydrogen-bond donors (Lipinski definition) is 1. The summed E-state index contributed by atoms with van der Waals surface area (Å²) in [5, 5.41) is 6.36. The van der Waals surface area contributed by atoms with Gasteiger partial charge in [0, 0.05) is 17.8 Å². The number of halogens is 3. The second-order valence-corrected chi connectivity index (χ2v) is 4.89. The molecule has 4 nitrogen and oxygen atoms in total. The molecule has 1 atom stereocenters. The molecule has 1 aliphatic carbocycles. The maximum absolute atomic E-state index is 13.0. The fraction of sp³-hybridized carbons (Fsp3) is 0.692. The van der Waals surface area contributed by atoms with Gasteiger partial charge in [0.15, 0.2) is 5.69 Å². The lowest BCUT2D eigenvalue weighted by Crippen LogP contribution is -2.33. The van der Waals surface area contributed by atoms with E-state index in [0.717, 1.165) is 0 Å². The molecule has 0 unspecified atom stereocenters. The topological polar surface area (TPSA) is 46.9 Å². The molecule has 1 heterocycles. The van der Waals surface area contributed by atoms with Gasteiger partial charge >= 0.3 is 6.18 Å². The Kier molecular flexibility index (Phi) is 4.06. The zero-order chi connectivity index (χ0) is 14.9. The number of carbonyl (C=O) groups excluding carboxylic acids is 1. The van der Waals surface area contributed by atoms with Crippen molar-refractivity contribution in [2.24, 2.45) is 0 Å². The number of amides is 1. The normalized spacial score (nSPS) is 16.1. The van der Waals surface area contributed by atoms with Crippen LogP contribution in [-0.2, 0) is 23.8 Å². The molecule has 20 heavy (non-hydrogen) atoms. The van der Waals surface area contributed by atoms with Gasteiger partial charge in [-0.25, -0.2) is 0 Å². The van der Waals surface area contributed by atoms with Gasteiger partial charge in [0.2, 0.25) is 5.91 Å². The van der Waals surface area contributed by atoms with Crippen LogP contribution in [-0.4, -0.2) is 22.2 Å². The average Bonchev–Trinajstić information content (AvgIpc) is 2.92. The SMILES string of the molecule is CCNC(=O)[C@@H](CC)n1nc(C(F)(F)F)c2c1CCC2. The second-order valence-electron chi connectivity index (χ2n) is 4.89. The van der Waals surface area contributed by atoms with Crippen LogP contribution in [0.4, 0.5) is 13.2 Å². The fourth-order valence-electron chi connectivity index (χ4n) is 2.71. The Morgan fingerprint density at radius 3 is 2.65 bits per heavy atom. The van der Waals surface area contributed by atoms with Crippen molar-refractivity contribution >= 4 is 5.91 Å². The molecular formula is C13H18F3N3O. The van der Waals surface area contributed by atoms with Gasteiger partial charge in [-0.05, 0) is 32.6 Å². The van der Waals surface area contributed by atoms with Crippen LogP contribution in [0.3, 0.4) is 0 Å². The molecule has 1 amide bonds. The van der Waals surface area contributed by atoms with E-state index in [1.807, 2.05) is 0 Å². The lowest BCUT2D eigenvalue weighted by atomic mass is 10.1. The largest absolute Gasteiger partial charge is 0.435 e. The van der Waals surface area contributed by atoms with Crippen molar-refractivity contribution in [3.05, 3.63) is 17.0 Å². The van der Waals surface area contributed by atoms with Gasteiger partial charge in [0.05, 0.1) is 0 Å². The number of aromatic nitrogens is 2. The average molecular weight is 289 g/mol. The quantitative estimate of drug-likeness (QED) is 0.925. The van der Waals surface area contributed by atoms with Gasteiger partial charge in [-0.2, -0.15) is 18.3 Å². The van der Waals surface area contributed by atoms with Gasteiger partial charge in [-0.1, -0.05) is 6.92 Å². The molecule has 0 aliphatic heterocycles. The predicted octanol–water partition coefficient (Wildman–Crippen LogP) is 2.48. The first-order valence-electron chi connectivity index (χ1n) is 6.85. The number of alkyl halides is 3. The maximum atomic E-state index is 13.0. The molecule has 1 aliphatic rings. The molecule has 0 radical (unpaired) electrons. The first-order valence-corrected chi connectivity index (χ1v) is 6.85. The minimum atomic E-state index is -4.46. The Balaban J connectivity index is 2.44. The highest BCUT2D eigenvalue weighted by Crippen LogP contribution is 2.37. The van der Waals surface area contributed by atoms with E-state index in [9.17, 15) is 18.0 Å². The third-order valence-electron chi connectivity index (χ3n) is 3.56. The molecule has 0 saturated carbocycles. The zero-order valence-electron chi connectivity index (χ0n) is 11.5. The molecule has 7 heteroatoms. The molecule has 0 aromatic carbocycles. The smallest absolute Gasteiger partial charge is 0.355 e. The van der Waals surface area contributed by atoms with E-state index in [-0.39, 0.29) is 11.5 Å². The van der Waals surface area contributed by atoms with Crippen LogP contribution in [0.25, 0.3) is 0 Å². The minimum Gasteiger partial charge on any atom is -0.355 e.